The van der Waals surface area contributed by atoms with E-state index in [0.29, 0.717) is 6.42 Å². The summed E-state index contributed by atoms with van der Waals surface area (Å²) in [4.78, 5) is 0. The van der Waals surface area contributed by atoms with Crippen LogP contribution in [0.15, 0.2) is 0 Å². The zero-order chi connectivity index (χ0) is 7.49. The van der Waals surface area contributed by atoms with Gasteiger partial charge in [0.05, 0.1) is 6.10 Å². The van der Waals surface area contributed by atoms with Gasteiger partial charge in [-0.15, -0.1) is 0 Å². The van der Waals surface area contributed by atoms with Crippen LogP contribution < -0.4 is 5.14 Å². The summed E-state index contributed by atoms with van der Waals surface area (Å²) >= 11 is 0. The quantitative estimate of drug-likeness (QED) is 0.620. The number of hydrogen-bond donors (Lipinski definition) is 1. The summed E-state index contributed by atoms with van der Waals surface area (Å²) in [7, 11) is -3.74. The van der Waals surface area contributed by atoms with Crippen molar-refractivity contribution < 1.29 is 12.6 Å². The van der Waals surface area contributed by atoms with E-state index >= 15 is 0 Å². The van der Waals surface area contributed by atoms with Gasteiger partial charge in [-0.25, -0.2) is 5.14 Å². The fourth-order valence-corrected chi connectivity index (χ4v) is 0.891. The first-order valence-corrected chi connectivity index (χ1v) is 4.14. The van der Waals surface area contributed by atoms with Crippen LogP contribution in [0.1, 0.15) is 20.3 Å². The fraction of sp³-hybridized carbons (Fsp3) is 1.00. The first kappa shape index (κ1) is 8.87. The topological polar surface area (TPSA) is 69.4 Å². The molecule has 0 saturated carbocycles. The van der Waals surface area contributed by atoms with Crippen molar-refractivity contribution in [1.29, 1.82) is 0 Å². The first-order chi connectivity index (χ1) is 3.95. The van der Waals surface area contributed by atoms with Crippen molar-refractivity contribution in [3.63, 3.8) is 0 Å². The largest absolute Gasteiger partial charge is 0.333 e. The summed E-state index contributed by atoms with van der Waals surface area (Å²) in [5.41, 5.74) is 0. The molecular formula is C4H11NO3S. The molecule has 0 aromatic carbocycles. The van der Waals surface area contributed by atoms with Crippen molar-refractivity contribution in [2.45, 2.75) is 26.4 Å². The molecular weight excluding hydrogens is 142 g/mol. The molecule has 0 aliphatic carbocycles. The summed E-state index contributed by atoms with van der Waals surface area (Å²) in [6, 6.07) is 0. The van der Waals surface area contributed by atoms with Crippen LogP contribution in [0, 0.1) is 0 Å². The van der Waals surface area contributed by atoms with E-state index in [2.05, 4.69) is 9.32 Å². The lowest BCUT2D eigenvalue weighted by Gasteiger charge is -2.05. The van der Waals surface area contributed by atoms with Gasteiger partial charge in [0.25, 0.3) is 0 Å². The van der Waals surface area contributed by atoms with Crippen molar-refractivity contribution in [1.82, 2.24) is 0 Å². The molecule has 5 heteroatoms. The molecule has 9 heavy (non-hydrogen) atoms. The first-order valence-electron chi connectivity index (χ1n) is 2.66. The van der Waals surface area contributed by atoms with Crippen molar-refractivity contribution >= 4 is 10.3 Å². The van der Waals surface area contributed by atoms with Crippen LogP contribution >= 0.6 is 0 Å². The van der Waals surface area contributed by atoms with Crippen molar-refractivity contribution in [3.05, 3.63) is 0 Å². The Balaban J connectivity index is 3.75. The molecule has 0 radical (unpaired) electrons. The van der Waals surface area contributed by atoms with E-state index in [1.54, 1.807) is 6.92 Å². The molecule has 0 bridgehead atoms. The van der Waals surface area contributed by atoms with E-state index < -0.39 is 10.3 Å². The second kappa shape index (κ2) is 3.14. The third-order valence-corrected chi connectivity index (χ3v) is 1.47. The predicted octanol–water partition coefficient (Wildman–Crippen LogP) is 0.00500. The minimum atomic E-state index is -3.74. The number of rotatable bonds is 3. The highest BCUT2D eigenvalue weighted by Crippen LogP contribution is 1.97. The summed E-state index contributed by atoms with van der Waals surface area (Å²) in [6.45, 7) is 3.46. The van der Waals surface area contributed by atoms with Gasteiger partial charge in [0.15, 0.2) is 0 Å². The monoisotopic (exact) mass is 153 g/mol. The highest BCUT2D eigenvalue weighted by molar-refractivity contribution is 7.84. The molecule has 0 spiro atoms. The molecule has 0 fully saturated rings. The molecule has 0 aliphatic rings. The Hall–Kier alpha value is -0.130. The molecule has 0 aromatic rings. The summed E-state index contributed by atoms with van der Waals surface area (Å²) < 4.78 is 24.6. The van der Waals surface area contributed by atoms with Gasteiger partial charge in [-0.05, 0) is 13.3 Å². The Labute approximate surface area is 55.3 Å². The molecule has 0 saturated heterocycles. The molecule has 0 heterocycles. The molecule has 0 aromatic heterocycles. The van der Waals surface area contributed by atoms with Gasteiger partial charge in [0, 0.05) is 0 Å². The molecule has 4 nitrogen and oxygen atoms in total. The minimum absolute atomic E-state index is 0.319. The van der Waals surface area contributed by atoms with E-state index in [-0.39, 0.29) is 6.10 Å². The van der Waals surface area contributed by atoms with Crippen LogP contribution in [0.4, 0.5) is 0 Å². The normalized spacial score (nSPS) is 15.4. The third kappa shape index (κ3) is 5.75. The van der Waals surface area contributed by atoms with Crippen LogP contribution in [0.25, 0.3) is 0 Å². The Morgan fingerprint density at radius 3 is 2.22 bits per heavy atom. The summed E-state index contributed by atoms with van der Waals surface area (Å²) in [6.07, 6.45) is 0.316. The second-order valence-electron chi connectivity index (χ2n) is 1.81. The molecule has 0 amide bonds. The lowest BCUT2D eigenvalue weighted by atomic mass is 10.3. The Morgan fingerprint density at radius 1 is 1.67 bits per heavy atom. The molecule has 1 unspecified atom stereocenters. The van der Waals surface area contributed by atoms with E-state index in [4.69, 9.17) is 0 Å². The zero-order valence-electron chi connectivity index (χ0n) is 5.49. The summed E-state index contributed by atoms with van der Waals surface area (Å²) in [5.74, 6) is 0. The number of nitrogens with two attached hydrogens (primary N) is 1. The maximum Gasteiger partial charge on any atom is 0.333 e. The molecule has 2 N–H and O–H groups in total. The average Bonchev–Trinajstić information content (AvgIpc) is 1.62. The van der Waals surface area contributed by atoms with Crippen molar-refractivity contribution in [3.8, 4) is 0 Å². The fourth-order valence-electron chi connectivity index (χ4n) is 0.297. The third-order valence-electron chi connectivity index (χ3n) is 0.873. The molecule has 56 valence electrons. The van der Waals surface area contributed by atoms with E-state index in [1.165, 1.54) is 0 Å². The van der Waals surface area contributed by atoms with E-state index in [1.807, 2.05) is 6.92 Å². The molecule has 0 aliphatic heterocycles. The predicted molar refractivity (Wildman–Crippen MR) is 33.9 cm³/mol. The van der Waals surface area contributed by atoms with Gasteiger partial charge in [-0.3, -0.25) is 4.18 Å². The SMILES string of the molecule is CCC(C)OS(N)(=O)=O. The standard InChI is InChI=1S/C4H11NO3S/c1-3-4(2)8-9(5,6)7/h4H,3H2,1-2H3,(H2,5,6,7). The highest BCUT2D eigenvalue weighted by atomic mass is 32.2. The van der Waals surface area contributed by atoms with Gasteiger partial charge in [-0.2, -0.15) is 8.42 Å². The minimum Gasteiger partial charge on any atom is -0.255 e. The van der Waals surface area contributed by atoms with Crippen molar-refractivity contribution in [2.24, 2.45) is 5.14 Å². The van der Waals surface area contributed by atoms with Crippen LogP contribution in [0.5, 0.6) is 0 Å². The van der Waals surface area contributed by atoms with Crippen LogP contribution in [-0.4, -0.2) is 14.5 Å². The maximum atomic E-state index is 10.2. The smallest absolute Gasteiger partial charge is 0.255 e. The van der Waals surface area contributed by atoms with Gasteiger partial charge in [-0.1, -0.05) is 6.92 Å². The Kier molecular flexibility index (Phi) is 3.10. The van der Waals surface area contributed by atoms with Crippen molar-refractivity contribution in [2.75, 3.05) is 0 Å². The maximum absolute atomic E-state index is 10.2. The van der Waals surface area contributed by atoms with Gasteiger partial charge in [0.1, 0.15) is 0 Å². The van der Waals surface area contributed by atoms with Crippen LogP contribution in [-0.2, 0) is 14.5 Å². The van der Waals surface area contributed by atoms with Gasteiger partial charge < -0.3 is 0 Å². The highest BCUT2D eigenvalue weighted by Gasteiger charge is 2.06. The molecule has 1 atom stereocenters. The zero-order valence-corrected chi connectivity index (χ0v) is 6.31. The summed E-state index contributed by atoms with van der Waals surface area (Å²) in [5, 5.41) is 4.56. The number of hydrogen-bond acceptors (Lipinski definition) is 3. The van der Waals surface area contributed by atoms with Crippen LogP contribution in [0.3, 0.4) is 0 Å². The van der Waals surface area contributed by atoms with E-state index in [9.17, 15) is 8.42 Å². The van der Waals surface area contributed by atoms with Crippen LogP contribution in [0.2, 0.25) is 0 Å². The lowest BCUT2D eigenvalue weighted by molar-refractivity contribution is 0.225. The second-order valence-corrected chi connectivity index (χ2v) is 2.99. The Bertz CT molecular complexity index is 163. The molecule has 0 rings (SSSR count). The average molecular weight is 153 g/mol. The van der Waals surface area contributed by atoms with E-state index in [0.717, 1.165) is 0 Å². The lowest BCUT2D eigenvalue weighted by Crippen LogP contribution is -2.21. The van der Waals surface area contributed by atoms with Gasteiger partial charge in [0.2, 0.25) is 0 Å². The van der Waals surface area contributed by atoms with Gasteiger partial charge >= 0.3 is 10.3 Å². The Morgan fingerprint density at radius 2 is 2.11 bits per heavy atom.